The van der Waals surface area contributed by atoms with Crippen LogP contribution >= 0.6 is 0 Å². The maximum atomic E-state index is 12.3. The molecule has 0 saturated carbocycles. The van der Waals surface area contributed by atoms with E-state index in [1.165, 1.54) is 7.11 Å². The molecule has 1 amide bonds. The van der Waals surface area contributed by atoms with Crippen LogP contribution in [0.5, 0.6) is 5.75 Å². The van der Waals surface area contributed by atoms with Crippen LogP contribution in [0, 0.1) is 0 Å². The second-order valence-corrected chi connectivity index (χ2v) is 3.63. The Labute approximate surface area is 109 Å². The fraction of sp³-hybridized carbons (Fsp3) is 0.308. The number of amides is 1. The number of hydrogen-bond donors (Lipinski definition) is 1. The largest absolute Gasteiger partial charge is 0.497 e. The van der Waals surface area contributed by atoms with E-state index in [1.807, 2.05) is 0 Å². The van der Waals surface area contributed by atoms with Gasteiger partial charge in [0.2, 0.25) is 5.91 Å². The number of methoxy groups -OCH3 is 1. The van der Waals surface area contributed by atoms with Crippen molar-refractivity contribution in [1.29, 1.82) is 0 Å². The van der Waals surface area contributed by atoms with Crippen LogP contribution in [0.3, 0.4) is 0 Å². The molecule has 0 saturated heterocycles. The molecule has 0 aliphatic rings. The lowest BCUT2D eigenvalue weighted by Gasteiger charge is -2.09. The number of nitrogens with one attached hydrogen (secondary N) is 1. The van der Waals surface area contributed by atoms with Crippen LogP contribution in [0.2, 0.25) is 0 Å². The predicted octanol–water partition coefficient (Wildman–Crippen LogP) is 1.81. The van der Waals surface area contributed by atoms with E-state index < -0.39 is 19.9 Å². The van der Waals surface area contributed by atoms with E-state index in [9.17, 15) is 4.79 Å². The number of rotatable bonds is 3. The minimum Gasteiger partial charge on any atom is -0.497 e. The molecule has 0 radical (unpaired) electrons. The first-order valence-corrected chi connectivity index (χ1v) is 5.01. The van der Waals surface area contributed by atoms with Gasteiger partial charge in [-0.25, -0.2) is 0 Å². The van der Waals surface area contributed by atoms with E-state index in [1.54, 1.807) is 24.4 Å². The minimum atomic E-state index is -3.04. The Morgan fingerprint density at radius 1 is 1.53 bits per heavy atom. The van der Waals surface area contributed by atoms with Gasteiger partial charge in [-0.1, -0.05) is 0 Å². The zero-order valence-corrected chi connectivity index (χ0v) is 9.28. The Hall–Kier alpha value is -1.97. The van der Waals surface area contributed by atoms with Gasteiger partial charge in [-0.15, -0.1) is 0 Å². The van der Waals surface area contributed by atoms with Gasteiger partial charge >= 0.3 is 0 Å². The third-order valence-electron chi connectivity index (χ3n) is 2.57. The maximum Gasteiger partial charge on any atom is 0.226 e. The van der Waals surface area contributed by atoms with E-state index in [0.717, 1.165) is 5.52 Å². The number of aromatic nitrogens is 1. The van der Waals surface area contributed by atoms with Crippen LogP contribution < -0.4 is 4.74 Å². The van der Waals surface area contributed by atoms with Crippen molar-refractivity contribution in [2.45, 2.75) is 6.42 Å². The summed E-state index contributed by atoms with van der Waals surface area (Å²) in [7, 11) is 1.50. The number of carbonyl (C=O) groups excluding carboxylic acids is 1. The van der Waals surface area contributed by atoms with E-state index in [4.69, 9.17) is 13.0 Å². The number of nitrogens with zero attached hydrogens (tertiary/aromatic N) is 1. The molecular weight excluding hydrogens is 216 g/mol. The third kappa shape index (κ3) is 2.25. The molecule has 0 aliphatic heterocycles. The normalized spacial score (nSPS) is 17.2. The maximum absolute atomic E-state index is 12.3. The molecule has 4 heteroatoms. The molecule has 0 spiro atoms. The number of carbonyl (C=O) groups is 1. The number of hydrogen-bond acceptors (Lipinski definition) is 2. The van der Waals surface area contributed by atoms with Crippen molar-refractivity contribution in [2.75, 3.05) is 21.1 Å². The highest BCUT2D eigenvalue weighted by Gasteiger charge is 2.10. The summed E-state index contributed by atoms with van der Waals surface area (Å²) in [6.45, 7) is -6.07. The van der Waals surface area contributed by atoms with Crippen molar-refractivity contribution >= 4 is 16.8 Å². The summed E-state index contributed by atoms with van der Waals surface area (Å²) < 4.78 is 48.8. The van der Waals surface area contributed by atoms with Crippen LogP contribution in [0.4, 0.5) is 0 Å². The summed E-state index contributed by atoms with van der Waals surface area (Å²) in [6, 6.07) is 5.19. The SMILES string of the molecule is [2H]C([2H])([2H])N(C(=O)Cc1c[nH]c2ccc(OC)cc12)C([2H])([2H])[2H]. The fourth-order valence-corrected chi connectivity index (χ4v) is 1.67. The van der Waals surface area contributed by atoms with Crippen molar-refractivity contribution in [3.05, 3.63) is 30.0 Å². The van der Waals surface area contributed by atoms with Gasteiger partial charge in [0.25, 0.3) is 0 Å². The molecule has 2 aromatic rings. The van der Waals surface area contributed by atoms with Crippen LogP contribution in [0.1, 0.15) is 13.8 Å². The molecule has 1 heterocycles. The zero-order valence-electron chi connectivity index (χ0n) is 15.3. The molecule has 1 aromatic carbocycles. The second kappa shape index (κ2) is 4.49. The summed E-state index contributed by atoms with van der Waals surface area (Å²) in [6.07, 6.45) is 1.21. The highest BCUT2D eigenvalue weighted by Crippen LogP contribution is 2.24. The first kappa shape index (κ1) is 6.10. The quantitative estimate of drug-likeness (QED) is 0.886. The van der Waals surface area contributed by atoms with Crippen LogP contribution in [-0.4, -0.2) is 36.9 Å². The van der Waals surface area contributed by atoms with Gasteiger partial charge in [0.15, 0.2) is 0 Å². The van der Waals surface area contributed by atoms with Crippen molar-refractivity contribution in [3.8, 4) is 5.75 Å². The van der Waals surface area contributed by atoms with Crippen molar-refractivity contribution < 1.29 is 17.8 Å². The molecule has 1 N–H and O–H groups in total. The molecule has 0 aliphatic carbocycles. The van der Waals surface area contributed by atoms with E-state index in [-0.39, 0.29) is 11.3 Å². The average Bonchev–Trinajstić information content (AvgIpc) is 2.77. The monoisotopic (exact) mass is 238 g/mol. The summed E-state index contributed by atoms with van der Waals surface area (Å²) in [5.41, 5.74) is 1.24. The van der Waals surface area contributed by atoms with Gasteiger partial charge < -0.3 is 14.6 Å². The number of ether oxygens (including phenoxy) is 1. The third-order valence-corrected chi connectivity index (χ3v) is 2.57. The number of likely N-dealkylation sites (N-methyl/N-ethyl adjacent to an activating group) is 1. The zero-order chi connectivity index (χ0) is 17.4. The van der Waals surface area contributed by atoms with Crippen molar-refractivity contribution in [2.24, 2.45) is 0 Å². The summed E-state index contributed by atoms with van der Waals surface area (Å²) in [4.78, 5) is 15.2. The van der Waals surface area contributed by atoms with Gasteiger partial charge in [-0.05, 0) is 23.8 Å². The van der Waals surface area contributed by atoms with Crippen LogP contribution in [0.25, 0.3) is 10.9 Å². The van der Waals surface area contributed by atoms with Gasteiger partial charge in [-0.3, -0.25) is 4.79 Å². The fourth-order valence-electron chi connectivity index (χ4n) is 1.67. The summed E-state index contributed by atoms with van der Waals surface area (Å²) in [5, 5.41) is 0.675. The molecule has 90 valence electrons. The Morgan fingerprint density at radius 2 is 2.35 bits per heavy atom. The molecule has 0 atom stereocenters. The molecule has 2 rings (SSSR count). The smallest absolute Gasteiger partial charge is 0.226 e. The molecule has 0 bridgehead atoms. The van der Waals surface area contributed by atoms with Gasteiger partial charge in [0.05, 0.1) is 13.5 Å². The second-order valence-electron chi connectivity index (χ2n) is 3.63. The molecule has 17 heavy (non-hydrogen) atoms. The summed E-state index contributed by atoms with van der Waals surface area (Å²) in [5.74, 6) is -0.414. The molecule has 4 nitrogen and oxygen atoms in total. The molecular formula is C13H16N2O2. The number of benzene rings is 1. The number of aromatic amines is 1. The first-order valence-electron chi connectivity index (χ1n) is 8.01. The van der Waals surface area contributed by atoms with E-state index in [0.29, 0.717) is 16.7 Å². The Kier molecular flexibility index (Phi) is 1.61. The lowest BCUT2D eigenvalue weighted by Crippen LogP contribution is -2.23. The van der Waals surface area contributed by atoms with Crippen LogP contribution in [0.15, 0.2) is 24.4 Å². The standard InChI is InChI=1S/C13H16N2O2/c1-15(2)13(16)6-9-8-14-12-5-4-10(17-3)7-11(9)12/h4-5,7-8,14H,6H2,1-3H3/i1D3,2D3. The van der Waals surface area contributed by atoms with Gasteiger partial charge in [0, 0.05) is 39.3 Å². The Bertz CT molecular complexity index is 705. The predicted molar refractivity (Wildman–Crippen MR) is 67.2 cm³/mol. The average molecular weight is 238 g/mol. The topological polar surface area (TPSA) is 45.3 Å². The first-order chi connectivity index (χ1) is 10.5. The van der Waals surface area contributed by atoms with Gasteiger partial charge in [0.1, 0.15) is 5.75 Å². The lowest BCUT2D eigenvalue weighted by molar-refractivity contribution is -0.127. The minimum absolute atomic E-state index is 0.0288. The number of H-pyrrole nitrogens is 1. The Balaban J connectivity index is 2.36. The number of fused-ring (bicyclic) bond motifs is 1. The lowest BCUT2D eigenvalue weighted by atomic mass is 10.1. The summed E-state index contributed by atoms with van der Waals surface area (Å²) >= 11 is 0. The van der Waals surface area contributed by atoms with Crippen molar-refractivity contribution in [3.63, 3.8) is 0 Å². The Morgan fingerprint density at radius 3 is 3.06 bits per heavy atom. The van der Waals surface area contributed by atoms with Crippen LogP contribution in [-0.2, 0) is 11.2 Å². The molecule has 1 aromatic heterocycles. The van der Waals surface area contributed by atoms with Gasteiger partial charge in [-0.2, -0.15) is 0 Å². The molecule has 0 fully saturated rings. The van der Waals surface area contributed by atoms with Crippen molar-refractivity contribution in [1.82, 2.24) is 9.88 Å². The highest BCUT2D eigenvalue weighted by molar-refractivity contribution is 5.89. The highest BCUT2D eigenvalue weighted by atomic mass is 16.5. The van der Waals surface area contributed by atoms with E-state index in [2.05, 4.69) is 4.98 Å². The van der Waals surface area contributed by atoms with E-state index >= 15 is 0 Å². The molecule has 0 unspecified atom stereocenters.